The van der Waals surface area contributed by atoms with Crippen LogP contribution in [-0.4, -0.2) is 74.9 Å². The van der Waals surface area contributed by atoms with E-state index in [1.165, 1.54) is 5.57 Å². The molecule has 0 aromatic heterocycles. The van der Waals surface area contributed by atoms with Gasteiger partial charge in [0.2, 0.25) is 5.91 Å². The Morgan fingerprint density at radius 1 is 1.15 bits per heavy atom. The molecule has 5 unspecified atom stereocenters. The van der Waals surface area contributed by atoms with Crippen molar-refractivity contribution >= 4 is 12.0 Å². The third kappa shape index (κ3) is 6.71. The van der Waals surface area contributed by atoms with Crippen LogP contribution in [0.15, 0.2) is 11.6 Å². The predicted molar refractivity (Wildman–Crippen MR) is 128 cm³/mol. The zero-order valence-corrected chi connectivity index (χ0v) is 21.2. The molecule has 2 aliphatic heterocycles. The maximum absolute atomic E-state index is 12.5. The highest BCUT2D eigenvalue weighted by Gasteiger charge is 2.72. The summed E-state index contributed by atoms with van der Waals surface area (Å²) in [6.45, 7) is 8.25. The number of ether oxygens (including phenoxy) is 4. The van der Waals surface area contributed by atoms with Gasteiger partial charge in [0.25, 0.3) is 0 Å². The molecule has 0 aromatic rings. The van der Waals surface area contributed by atoms with Gasteiger partial charge in [-0.3, -0.25) is 4.79 Å². The third-order valence-electron chi connectivity index (χ3n) is 7.38. The molecule has 0 aromatic carbocycles. The van der Waals surface area contributed by atoms with Crippen molar-refractivity contribution in [2.75, 3.05) is 33.4 Å². The normalized spacial score (nSPS) is 33.8. The van der Waals surface area contributed by atoms with Crippen LogP contribution in [0.2, 0.25) is 0 Å². The second-order valence-corrected chi connectivity index (χ2v) is 10.2. The molecule has 1 saturated carbocycles. The summed E-state index contributed by atoms with van der Waals surface area (Å²) < 4.78 is 23.9. The van der Waals surface area contributed by atoms with Crippen LogP contribution in [0.4, 0.5) is 4.79 Å². The van der Waals surface area contributed by atoms with Crippen molar-refractivity contribution in [1.82, 2.24) is 10.6 Å². The molecule has 194 valence electrons. The molecular formula is C25H43N3O6. The van der Waals surface area contributed by atoms with Gasteiger partial charge in [-0.25, -0.2) is 4.79 Å². The predicted octanol–water partition coefficient (Wildman–Crippen LogP) is 2.42. The lowest BCUT2D eigenvalue weighted by atomic mass is 9.68. The summed E-state index contributed by atoms with van der Waals surface area (Å²) in [6.07, 6.45) is 7.44. The van der Waals surface area contributed by atoms with Crippen molar-refractivity contribution in [2.45, 2.75) is 95.2 Å². The molecule has 6 atom stereocenters. The van der Waals surface area contributed by atoms with Crippen molar-refractivity contribution in [2.24, 2.45) is 11.7 Å². The van der Waals surface area contributed by atoms with E-state index in [9.17, 15) is 9.59 Å². The monoisotopic (exact) mass is 481 g/mol. The first-order chi connectivity index (χ1) is 16.3. The minimum atomic E-state index is -0.406. The molecule has 9 nitrogen and oxygen atoms in total. The highest BCUT2D eigenvalue weighted by atomic mass is 16.6. The van der Waals surface area contributed by atoms with E-state index in [1.54, 1.807) is 7.11 Å². The zero-order valence-electron chi connectivity index (χ0n) is 21.2. The molecule has 2 saturated heterocycles. The number of rotatable bonds is 13. The van der Waals surface area contributed by atoms with Crippen LogP contribution in [0.3, 0.4) is 0 Å². The SMILES string of the molecule is COC1C(OC(=O)NCCCCCCNC(=O)CN)CCC2(CO2)C1[C@]1(C)OC1CC=C(C)C. The number of amides is 2. The molecule has 2 amide bonds. The maximum atomic E-state index is 12.5. The summed E-state index contributed by atoms with van der Waals surface area (Å²) in [5.74, 6) is -0.111. The number of hydrogen-bond acceptors (Lipinski definition) is 7. The number of carbonyl (C=O) groups is 2. The number of epoxide rings is 2. The lowest BCUT2D eigenvalue weighted by molar-refractivity contribution is -0.119. The van der Waals surface area contributed by atoms with E-state index in [-0.39, 0.29) is 47.9 Å². The molecule has 0 radical (unpaired) electrons. The van der Waals surface area contributed by atoms with Gasteiger partial charge in [-0.1, -0.05) is 24.5 Å². The van der Waals surface area contributed by atoms with Gasteiger partial charge in [-0.2, -0.15) is 0 Å². The molecule has 2 heterocycles. The van der Waals surface area contributed by atoms with Crippen LogP contribution in [0.5, 0.6) is 0 Å². The quantitative estimate of drug-likeness (QED) is 0.209. The Bertz CT molecular complexity index is 736. The minimum Gasteiger partial charge on any atom is -0.443 e. The number of carbonyl (C=O) groups excluding carboxylic acids is 2. The average Bonchev–Trinajstić information content (AvgIpc) is 3.72. The van der Waals surface area contributed by atoms with Gasteiger partial charge < -0.3 is 35.3 Å². The van der Waals surface area contributed by atoms with Gasteiger partial charge >= 0.3 is 6.09 Å². The van der Waals surface area contributed by atoms with Crippen molar-refractivity contribution < 1.29 is 28.5 Å². The van der Waals surface area contributed by atoms with Gasteiger partial charge in [0, 0.05) is 20.2 Å². The lowest BCUT2D eigenvalue weighted by Crippen LogP contribution is -2.56. The Labute approximate surface area is 203 Å². The zero-order chi connectivity index (χ0) is 24.8. The molecule has 4 N–H and O–H groups in total. The van der Waals surface area contributed by atoms with Crippen LogP contribution in [-0.2, 0) is 23.7 Å². The van der Waals surface area contributed by atoms with Crippen molar-refractivity contribution in [1.29, 1.82) is 0 Å². The highest BCUT2D eigenvalue weighted by Crippen LogP contribution is 2.59. The molecule has 3 aliphatic rings. The van der Waals surface area contributed by atoms with Crippen molar-refractivity contribution in [3.8, 4) is 0 Å². The average molecular weight is 482 g/mol. The highest BCUT2D eigenvalue weighted by molar-refractivity contribution is 5.77. The number of unbranched alkanes of at least 4 members (excludes halogenated alkanes) is 3. The molecule has 1 spiro atoms. The molecule has 1 aliphatic carbocycles. The molecular weight excluding hydrogens is 438 g/mol. The fourth-order valence-electron chi connectivity index (χ4n) is 5.34. The van der Waals surface area contributed by atoms with Gasteiger partial charge in [0.05, 0.1) is 25.2 Å². The Hall–Kier alpha value is -1.68. The Kier molecular flexibility index (Phi) is 9.37. The maximum Gasteiger partial charge on any atom is 0.407 e. The van der Waals surface area contributed by atoms with Crippen LogP contribution in [0.1, 0.15) is 65.7 Å². The third-order valence-corrected chi connectivity index (χ3v) is 7.38. The van der Waals surface area contributed by atoms with E-state index in [0.29, 0.717) is 26.1 Å². The summed E-state index contributed by atoms with van der Waals surface area (Å²) in [7, 11) is 1.68. The number of nitrogens with two attached hydrogens (primary N) is 1. The largest absolute Gasteiger partial charge is 0.443 e. The van der Waals surface area contributed by atoms with Crippen LogP contribution in [0, 0.1) is 5.92 Å². The Morgan fingerprint density at radius 3 is 2.41 bits per heavy atom. The Balaban J connectivity index is 1.43. The summed E-state index contributed by atoms with van der Waals surface area (Å²) in [6, 6.07) is 0. The fourth-order valence-corrected chi connectivity index (χ4v) is 5.34. The molecule has 3 rings (SSSR count). The van der Waals surface area contributed by atoms with Crippen LogP contribution < -0.4 is 16.4 Å². The summed E-state index contributed by atoms with van der Waals surface area (Å²) in [5.41, 5.74) is 5.96. The summed E-state index contributed by atoms with van der Waals surface area (Å²) in [4.78, 5) is 23.6. The van der Waals surface area contributed by atoms with E-state index < -0.39 is 6.09 Å². The standard InChI is InChI=1S/C25H43N3O6/c1-17(2)9-10-19-24(3,34-19)22-21(31-4)18(11-12-25(22)16-32-25)33-23(30)28-14-8-6-5-7-13-27-20(29)15-26/h9,18-19,21-22H,5-8,10-16,26H2,1-4H3,(H,27,29)(H,28,30)/t18?,19?,21?,22?,24-,25?/m1/s1. The minimum absolute atomic E-state index is 0.0203. The van der Waals surface area contributed by atoms with Crippen molar-refractivity contribution in [3.63, 3.8) is 0 Å². The van der Waals surface area contributed by atoms with Crippen molar-refractivity contribution in [3.05, 3.63) is 11.6 Å². The van der Waals surface area contributed by atoms with Gasteiger partial charge in [0.15, 0.2) is 0 Å². The number of alkyl carbamates (subject to hydrolysis) is 1. The van der Waals surface area contributed by atoms with Gasteiger partial charge in [-0.05, 0) is 52.9 Å². The van der Waals surface area contributed by atoms with E-state index >= 15 is 0 Å². The van der Waals surface area contributed by atoms with Crippen LogP contribution >= 0.6 is 0 Å². The van der Waals surface area contributed by atoms with Gasteiger partial charge in [-0.15, -0.1) is 0 Å². The van der Waals surface area contributed by atoms with E-state index in [1.807, 2.05) is 0 Å². The lowest BCUT2D eigenvalue weighted by Gasteiger charge is -2.42. The second-order valence-electron chi connectivity index (χ2n) is 10.2. The van der Waals surface area contributed by atoms with E-state index in [0.717, 1.165) is 38.5 Å². The molecule has 34 heavy (non-hydrogen) atoms. The molecule has 0 bridgehead atoms. The molecule has 9 heteroatoms. The first-order valence-corrected chi connectivity index (χ1v) is 12.6. The number of methoxy groups -OCH3 is 1. The van der Waals surface area contributed by atoms with E-state index in [2.05, 4.69) is 37.5 Å². The number of hydrogen-bond donors (Lipinski definition) is 3. The summed E-state index contributed by atoms with van der Waals surface area (Å²) >= 11 is 0. The number of nitrogens with one attached hydrogen (secondary N) is 2. The van der Waals surface area contributed by atoms with Crippen LogP contribution in [0.25, 0.3) is 0 Å². The second kappa shape index (κ2) is 11.8. The van der Waals surface area contributed by atoms with Gasteiger partial charge in [0.1, 0.15) is 23.4 Å². The first-order valence-electron chi connectivity index (χ1n) is 12.6. The summed E-state index contributed by atoms with van der Waals surface area (Å²) in [5, 5.41) is 5.62. The molecule has 3 fully saturated rings. The topological polar surface area (TPSA) is 128 Å². The smallest absolute Gasteiger partial charge is 0.407 e. The fraction of sp³-hybridized carbons (Fsp3) is 0.840. The Morgan fingerprint density at radius 2 is 1.82 bits per heavy atom. The number of allylic oxidation sites excluding steroid dienone is 1. The van der Waals surface area contributed by atoms with E-state index in [4.69, 9.17) is 24.7 Å². The first kappa shape index (κ1) is 26.9.